The minimum absolute atomic E-state index is 0.282. The Hall–Kier alpha value is -9.12. The molecule has 3 nitrogen and oxygen atoms in total. The summed E-state index contributed by atoms with van der Waals surface area (Å²) in [7, 11) is 0. The van der Waals surface area contributed by atoms with Crippen molar-refractivity contribution in [3.05, 3.63) is 318 Å². The van der Waals surface area contributed by atoms with Crippen LogP contribution in [0.2, 0.25) is 0 Å². The molecule has 0 spiro atoms. The number of hydrogen-bond donors (Lipinski definition) is 0. The summed E-state index contributed by atoms with van der Waals surface area (Å²) in [5.41, 5.74) is 21.8. The fraction of sp³-hybridized carbons (Fsp3) is 0.105. The average molecular weight is 1020 g/mol. The van der Waals surface area contributed by atoms with Gasteiger partial charge in [0.15, 0.2) is 0 Å². The second-order valence-corrected chi connectivity index (χ2v) is 20.8. The third-order valence-corrected chi connectivity index (χ3v) is 15.7. The molecule has 384 valence electrons. The lowest BCUT2D eigenvalue weighted by molar-refractivity contribution is 0.107. The molecule has 1 unspecified atom stereocenters. The van der Waals surface area contributed by atoms with E-state index in [9.17, 15) is 0 Å². The van der Waals surface area contributed by atoms with Crippen LogP contribution in [0.25, 0.3) is 83.8 Å². The molecule has 0 N–H and O–H groups in total. The Morgan fingerprint density at radius 2 is 0.722 bits per heavy atom. The molecule has 0 radical (unpaired) electrons. The van der Waals surface area contributed by atoms with Gasteiger partial charge in [0.2, 0.25) is 0 Å². The number of rotatable bonds is 20. The van der Waals surface area contributed by atoms with E-state index in [0.717, 1.165) is 52.6 Å². The number of ether oxygens (including phenoxy) is 2. The highest BCUT2D eigenvalue weighted by atomic mass is 16.5. The van der Waals surface area contributed by atoms with E-state index in [1.807, 2.05) is 12.2 Å². The lowest BCUT2D eigenvalue weighted by Crippen LogP contribution is -2.06. The number of fused-ring (bicyclic) bond motifs is 4. The third-order valence-electron chi connectivity index (χ3n) is 15.7. The highest BCUT2D eigenvalue weighted by Crippen LogP contribution is 2.38. The highest BCUT2D eigenvalue weighted by molar-refractivity contribution is 6.09. The summed E-state index contributed by atoms with van der Waals surface area (Å²) in [5, 5.41) is 5.14. The highest BCUT2D eigenvalue weighted by Gasteiger charge is 2.19. The number of hydrogen-bond acceptors (Lipinski definition) is 2. The first-order valence-electron chi connectivity index (χ1n) is 27.6. The Labute approximate surface area is 465 Å². The topological polar surface area (TPSA) is 23.4 Å². The maximum Gasteiger partial charge on any atom is 0.0721 e. The quantitative estimate of drug-likeness (QED) is 0.0759. The van der Waals surface area contributed by atoms with E-state index in [1.54, 1.807) is 0 Å². The van der Waals surface area contributed by atoms with Gasteiger partial charge in [-0.2, -0.15) is 0 Å². The molecule has 3 heteroatoms. The molecule has 0 fully saturated rings. The van der Waals surface area contributed by atoms with Crippen molar-refractivity contribution in [1.29, 1.82) is 0 Å². The van der Waals surface area contributed by atoms with Gasteiger partial charge in [-0.3, -0.25) is 0 Å². The molecular weight excluding hydrogens is 959 g/mol. The molecule has 0 amide bonds. The Balaban J connectivity index is 0.769. The lowest BCUT2D eigenvalue weighted by Gasteiger charge is -2.22. The summed E-state index contributed by atoms with van der Waals surface area (Å²) >= 11 is 0. The van der Waals surface area contributed by atoms with Crippen LogP contribution in [-0.2, 0) is 48.7 Å². The maximum absolute atomic E-state index is 6.13. The van der Waals surface area contributed by atoms with Gasteiger partial charge in [-0.15, -0.1) is 0 Å². The van der Waals surface area contributed by atoms with Gasteiger partial charge in [-0.1, -0.05) is 256 Å². The van der Waals surface area contributed by atoms with Crippen LogP contribution < -0.4 is 0 Å². The standard InChI is InChI=1S/C76H63NO2/c1-3-54-17-21-58(22-18-54)50-78-52-60-30-38-64(39-31-60)63-36-28-57(29-37-63)49-67(70-48-47-69(71-11-5-6-12-72(70)71)66-40-32-61(33-41-66)53-79-51-59-23-19-55(4-2)20-24-59)42-27-56-25-34-62(35-26-56)65-43-45-68(46-44-65)77-75-15-9-7-13-73(75)74-14-8-10-16-76(74)77/h3-26,28-41,43-48,67H,1-2,27,42,49-53H2. The number of aromatic nitrogens is 1. The Kier molecular flexibility index (Phi) is 15.2. The van der Waals surface area contributed by atoms with Crippen molar-refractivity contribution in [2.24, 2.45) is 0 Å². The van der Waals surface area contributed by atoms with Gasteiger partial charge >= 0.3 is 0 Å². The number of nitrogens with zero attached hydrogens (tertiary/aromatic N) is 1. The van der Waals surface area contributed by atoms with E-state index in [0.29, 0.717) is 26.4 Å². The fourth-order valence-corrected chi connectivity index (χ4v) is 11.3. The molecule has 0 aliphatic rings. The Morgan fingerprint density at radius 1 is 0.342 bits per heavy atom. The predicted molar refractivity (Wildman–Crippen MR) is 332 cm³/mol. The zero-order chi connectivity index (χ0) is 53.3. The van der Waals surface area contributed by atoms with Crippen molar-refractivity contribution in [3.63, 3.8) is 0 Å². The molecule has 1 aromatic heterocycles. The van der Waals surface area contributed by atoms with E-state index < -0.39 is 0 Å². The van der Waals surface area contributed by atoms with Gasteiger partial charge in [0.25, 0.3) is 0 Å². The zero-order valence-electron chi connectivity index (χ0n) is 44.6. The van der Waals surface area contributed by atoms with E-state index in [2.05, 4.69) is 273 Å². The molecule has 0 saturated carbocycles. The first-order chi connectivity index (χ1) is 39.0. The summed E-state index contributed by atoms with van der Waals surface area (Å²) < 4.78 is 14.6. The lowest BCUT2D eigenvalue weighted by atomic mass is 9.82. The van der Waals surface area contributed by atoms with Crippen LogP contribution in [0.3, 0.4) is 0 Å². The van der Waals surface area contributed by atoms with Crippen molar-refractivity contribution in [1.82, 2.24) is 4.57 Å². The van der Waals surface area contributed by atoms with Crippen LogP contribution in [-0.4, -0.2) is 4.57 Å². The number of aryl methyl sites for hydroxylation is 1. The molecule has 12 rings (SSSR count). The zero-order valence-corrected chi connectivity index (χ0v) is 44.6. The van der Waals surface area contributed by atoms with Crippen LogP contribution in [0.5, 0.6) is 0 Å². The van der Waals surface area contributed by atoms with Crippen molar-refractivity contribution in [2.75, 3.05) is 0 Å². The van der Waals surface area contributed by atoms with Crippen LogP contribution in [0, 0.1) is 0 Å². The molecular formula is C76H63NO2. The Morgan fingerprint density at radius 3 is 1.19 bits per heavy atom. The number of benzene rings is 11. The SMILES string of the molecule is C=Cc1ccc(COCc2ccc(-c3ccc(CC(CCc4ccc(-c5ccc(-n6c7ccccc7c7ccccc76)cc5)cc4)c4ccc(-c5ccc(COCc6ccc(C=C)cc6)cc5)c5ccccc45)cc3)cc2)cc1. The molecule has 1 atom stereocenters. The van der Waals surface area contributed by atoms with Crippen molar-refractivity contribution < 1.29 is 9.47 Å². The summed E-state index contributed by atoms with van der Waals surface area (Å²) in [6.07, 6.45) is 6.63. The minimum atomic E-state index is 0.282. The van der Waals surface area contributed by atoms with Gasteiger partial charge < -0.3 is 14.0 Å². The minimum Gasteiger partial charge on any atom is -0.372 e. The molecule has 0 bridgehead atoms. The van der Waals surface area contributed by atoms with E-state index >= 15 is 0 Å². The van der Waals surface area contributed by atoms with Crippen LogP contribution >= 0.6 is 0 Å². The normalized spacial score (nSPS) is 11.8. The third kappa shape index (κ3) is 11.5. The van der Waals surface area contributed by atoms with Gasteiger partial charge in [0.1, 0.15) is 0 Å². The molecule has 1 heterocycles. The van der Waals surface area contributed by atoms with Gasteiger partial charge in [0, 0.05) is 16.5 Å². The largest absolute Gasteiger partial charge is 0.372 e. The second-order valence-electron chi connectivity index (χ2n) is 20.8. The predicted octanol–water partition coefficient (Wildman–Crippen LogP) is 19.6. The van der Waals surface area contributed by atoms with Crippen LogP contribution in [0.15, 0.2) is 268 Å². The molecule has 79 heavy (non-hydrogen) atoms. The maximum atomic E-state index is 6.13. The van der Waals surface area contributed by atoms with Crippen LogP contribution in [0.1, 0.15) is 62.4 Å². The first kappa shape index (κ1) is 50.7. The summed E-state index contributed by atoms with van der Waals surface area (Å²) in [6, 6.07) is 93.0. The van der Waals surface area contributed by atoms with Gasteiger partial charge in [-0.25, -0.2) is 0 Å². The second kappa shape index (κ2) is 23.6. The van der Waals surface area contributed by atoms with Gasteiger partial charge in [0.05, 0.1) is 37.5 Å². The van der Waals surface area contributed by atoms with E-state index in [-0.39, 0.29) is 5.92 Å². The van der Waals surface area contributed by atoms with Gasteiger partial charge in [-0.05, 0) is 144 Å². The van der Waals surface area contributed by atoms with Crippen molar-refractivity contribution in [2.45, 2.75) is 51.6 Å². The van der Waals surface area contributed by atoms with Crippen LogP contribution in [0.4, 0.5) is 0 Å². The summed E-state index contributed by atoms with van der Waals surface area (Å²) in [6.45, 7) is 10.00. The summed E-state index contributed by atoms with van der Waals surface area (Å²) in [4.78, 5) is 0. The Bertz CT molecular complexity index is 3970. The van der Waals surface area contributed by atoms with E-state index in [4.69, 9.17) is 9.47 Å². The number of para-hydroxylation sites is 2. The van der Waals surface area contributed by atoms with E-state index in [1.165, 1.54) is 88.3 Å². The summed E-state index contributed by atoms with van der Waals surface area (Å²) in [5.74, 6) is 0.282. The average Bonchev–Trinajstić information content (AvgIpc) is 3.92. The fourth-order valence-electron chi connectivity index (χ4n) is 11.3. The molecule has 12 aromatic rings. The monoisotopic (exact) mass is 1020 g/mol. The smallest absolute Gasteiger partial charge is 0.0721 e. The molecule has 0 aliphatic carbocycles. The van der Waals surface area contributed by atoms with Crippen molar-refractivity contribution >= 4 is 44.7 Å². The van der Waals surface area contributed by atoms with Crippen molar-refractivity contribution in [3.8, 4) is 39.1 Å². The molecule has 0 aliphatic heterocycles. The first-order valence-corrected chi connectivity index (χ1v) is 27.6. The molecule has 0 saturated heterocycles. The molecule has 11 aromatic carbocycles.